The molecular formula is C20H14Br2N2O2S. The number of nitrogens with zero attached hydrogens (tertiary/aromatic N) is 2. The van der Waals surface area contributed by atoms with Gasteiger partial charge in [0, 0.05) is 20.9 Å². The Labute approximate surface area is 177 Å². The maximum absolute atomic E-state index is 10.5. The molecule has 0 radical (unpaired) electrons. The van der Waals surface area contributed by atoms with Crippen molar-refractivity contribution in [2.75, 3.05) is 0 Å². The lowest BCUT2D eigenvalue weighted by Gasteiger charge is -2.38. The maximum Gasteiger partial charge on any atom is 0.217 e. The molecule has 4 nitrogen and oxygen atoms in total. The number of rotatable bonds is 2. The molecule has 7 heteroatoms. The number of hydrazone groups is 1. The van der Waals surface area contributed by atoms with E-state index in [1.54, 1.807) is 17.4 Å². The van der Waals surface area contributed by atoms with E-state index >= 15 is 0 Å². The van der Waals surface area contributed by atoms with Crippen molar-refractivity contribution in [2.45, 2.75) is 18.7 Å². The summed E-state index contributed by atoms with van der Waals surface area (Å²) in [5.74, 6) is 1.02. The van der Waals surface area contributed by atoms with Gasteiger partial charge < -0.3 is 9.84 Å². The van der Waals surface area contributed by atoms with Crippen LogP contribution >= 0.6 is 43.2 Å². The Morgan fingerprint density at radius 3 is 2.63 bits per heavy atom. The Bertz CT molecular complexity index is 1050. The second-order valence-corrected chi connectivity index (χ2v) is 9.26. The van der Waals surface area contributed by atoms with Crippen LogP contribution in [-0.2, 0) is 0 Å². The van der Waals surface area contributed by atoms with Crippen molar-refractivity contribution in [3.63, 3.8) is 0 Å². The van der Waals surface area contributed by atoms with E-state index in [9.17, 15) is 5.11 Å². The van der Waals surface area contributed by atoms with Crippen molar-refractivity contribution in [2.24, 2.45) is 5.10 Å². The van der Waals surface area contributed by atoms with Crippen molar-refractivity contribution in [3.8, 4) is 11.5 Å². The summed E-state index contributed by atoms with van der Waals surface area (Å²) in [7, 11) is 0. The van der Waals surface area contributed by atoms with Gasteiger partial charge in [-0.3, -0.25) is 0 Å². The monoisotopic (exact) mass is 504 g/mol. The van der Waals surface area contributed by atoms with Gasteiger partial charge in [-0.25, -0.2) is 5.01 Å². The van der Waals surface area contributed by atoms with Crippen molar-refractivity contribution in [3.05, 3.63) is 78.9 Å². The van der Waals surface area contributed by atoms with E-state index in [1.165, 1.54) is 0 Å². The van der Waals surface area contributed by atoms with Crippen molar-refractivity contribution in [1.82, 2.24) is 5.01 Å². The Hall–Kier alpha value is -1.83. The van der Waals surface area contributed by atoms with Gasteiger partial charge >= 0.3 is 0 Å². The third kappa shape index (κ3) is 2.98. The summed E-state index contributed by atoms with van der Waals surface area (Å²) in [5, 5.41) is 19.4. The highest BCUT2D eigenvalue weighted by Gasteiger charge is 2.42. The van der Waals surface area contributed by atoms with Gasteiger partial charge in [0.1, 0.15) is 11.5 Å². The maximum atomic E-state index is 10.5. The van der Waals surface area contributed by atoms with Crippen LogP contribution in [0.1, 0.15) is 34.7 Å². The molecule has 5 rings (SSSR count). The third-order valence-electron chi connectivity index (χ3n) is 4.81. The molecule has 0 aliphatic carbocycles. The van der Waals surface area contributed by atoms with E-state index in [-0.39, 0.29) is 11.8 Å². The van der Waals surface area contributed by atoms with Crippen LogP contribution in [0.2, 0.25) is 0 Å². The second-order valence-electron chi connectivity index (χ2n) is 6.48. The van der Waals surface area contributed by atoms with Gasteiger partial charge in [0.2, 0.25) is 6.23 Å². The molecule has 2 aliphatic heterocycles. The van der Waals surface area contributed by atoms with E-state index in [0.717, 1.165) is 37.3 Å². The van der Waals surface area contributed by atoms with Crippen LogP contribution < -0.4 is 4.74 Å². The fraction of sp³-hybridized carbons (Fsp3) is 0.150. The first-order valence-electron chi connectivity index (χ1n) is 8.44. The summed E-state index contributed by atoms with van der Waals surface area (Å²) >= 11 is 8.75. The standard InChI is InChI=1S/C20H14Br2N2O2S/c21-11-3-5-17(25)14(9-11)20-24-16(10-15(23-24)19-2-1-7-27-19)13-8-12(22)4-6-18(13)26-20/h1-9,16,20,25H,10H2. The summed E-state index contributed by atoms with van der Waals surface area (Å²) in [5.41, 5.74) is 2.84. The number of hydrogen-bond acceptors (Lipinski definition) is 5. The molecule has 3 aromatic rings. The molecule has 2 aromatic carbocycles. The van der Waals surface area contributed by atoms with Crippen LogP contribution in [-0.4, -0.2) is 15.8 Å². The number of halogens is 2. The van der Waals surface area contributed by atoms with Crippen LogP contribution in [0, 0.1) is 0 Å². The molecule has 1 N–H and O–H groups in total. The quantitative estimate of drug-likeness (QED) is 0.449. The fourth-order valence-electron chi connectivity index (χ4n) is 3.58. The van der Waals surface area contributed by atoms with Crippen LogP contribution in [0.4, 0.5) is 0 Å². The Kier molecular flexibility index (Phi) is 4.26. The average molecular weight is 506 g/mol. The lowest BCUT2D eigenvalue weighted by Crippen LogP contribution is -2.33. The normalized spacial score (nSPS) is 20.7. The minimum Gasteiger partial charge on any atom is -0.507 e. The molecular weight excluding hydrogens is 492 g/mol. The van der Waals surface area contributed by atoms with Crippen molar-refractivity contribution >= 4 is 48.9 Å². The van der Waals surface area contributed by atoms with Gasteiger partial charge in [0.25, 0.3) is 0 Å². The molecule has 0 fully saturated rings. The Morgan fingerprint density at radius 1 is 1.07 bits per heavy atom. The minimum atomic E-state index is -0.487. The lowest BCUT2D eigenvalue weighted by atomic mass is 9.97. The molecule has 0 saturated carbocycles. The molecule has 0 amide bonds. The number of phenols is 1. The van der Waals surface area contributed by atoms with Gasteiger partial charge in [-0.2, -0.15) is 5.10 Å². The topological polar surface area (TPSA) is 45.1 Å². The highest BCUT2D eigenvalue weighted by Crippen LogP contribution is 2.49. The zero-order valence-electron chi connectivity index (χ0n) is 14.0. The van der Waals surface area contributed by atoms with Crippen LogP contribution in [0.25, 0.3) is 0 Å². The predicted octanol–water partition coefficient (Wildman–Crippen LogP) is 6.22. The van der Waals surface area contributed by atoms with Crippen LogP contribution in [0.5, 0.6) is 11.5 Å². The average Bonchev–Trinajstić information content (AvgIpc) is 3.32. The van der Waals surface area contributed by atoms with Crippen LogP contribution in [0.3, 0.4) is 0 Å². The summed E-state index contributed by atoms with van der Waals surface area (Å²) in [6.07, 6.45) is 0.317. The van der Waals surface area contributed by atoms with Crippen molar-refractivity contribution < 1.29 is 9.84 Å². The van der Waals surface area contributed by atoms with Gasteiger partial charge in [0.15, 0.2) is 0 Å². The van der Waals surface area contributed by atoms with E-state index in [4.69, 9.17) is 9.84 Å². The number of benzene rings is 2. The molecule has 0 bridgehead atoms. The molecule has 0 saturated heterocycles. The van der Waals surface area contributed by atoms with Crippen molar-refractivity contribution in [1.29, 1.82) is 0 Å². The zero-order chi connectivity index (χ0) is 18.5. The number of hydrogen-bond donors (Lipinski definition) is 1. The summed E-state index contributed by atoms with van der Waals surface area (Å²) in [4.78, 5) is 1.16. The lowest BCUT2D eigenvalue weighted by molar-refractivity contribution is -0.0204. The minimum absolute atomic E-state index is 0.0618. The Morgan fingerprint density at radius 2 is 1.85 bits per heavy atom. The highest BCUT2D eigenvalue weighted by atomic mass is 79.9. The molecule has 3 heterocycles. The van der Waals surface area contributed by atoms with E-state index < -0.39 is 6.23 Å². The van der Waals surface area contributed by atoms with Gasteiger partial charge in [-0.1, -0.05) is 37.9 Å². The number of fused-ring (bicyclic) bond motifs is 3. The molecule has 27 heavy (non-hydrogen) atoms. The molecule has 1 aromatic heterocycles. The summed E-state index contributed by atoms with van der Waals surface area (Å²) < 4.78 is 8.21. The SMILES string of the molecule is Oc1ccc(Br)cc1C1Oc2ccc(Br)cc2C2CC(c3cccs3)=NN21. The summed E-state index contributed by atoms with van der Waals surface area (Å²) in [6.45, 7) is 0. The molecule has 0 spiro atoms. The zero-order valence-corrected chi connectivity index (χ0v) is 18.0. The van der Waals surface area contributed by atoms with Gasteiger partial charge in [-0.15, -0.1) is 11.3 Å². The van der Waals surface area contributed by atoms with Gasteiger partial charge in [0.05, 0.1) is 22.2 Å². The summed E-state index contributed by atoms with van der Waals surface area (Å²) in [6, 6.07) is 15.6. The molecule has 2 atom stereocenters. The van der Waals surface area contributed by atoms with Gasteiger partial charge in [-0.05, 0) is 47.8 Å². The third-order valence-corrected chi connectivity index (χ3v) is 6.72. The fourth-order valence-corrected chi connectivity index (χ4v) is 5.06. The number of phenolic OH excluding ortho intramolecular Hbond substituents is 1. The van der Waals surface area contributed by atoms with E-state index in [0.29, 0.717) is 5.56 Å². The molecule has 2 aliphatic rings. The highest BCUT2D eigenvalue weighted by molar-refractivity contribution is 9.10. The first kappa shape index (κ1) is 17.3. The Balaban J connectivity index is 1.65. The number of ether oxygens (including phenoxy) is 1. The molecule has 136 valence electrons. The smallest absolute Gasteiger partial charge is 0.217 e. The van der Waals surface area contributed by atoms with E-state index in [1.807, 2.05) is 35.3 Å². The number of thiophene rings is 1. The number of aromatic hydroxyl groups is 1. The molecule has 2 unspecified atom stereocenters. The van der Waals surface area contributed by atoms with E-state index in [2.05, 4.69) is 49.4 Å². The first-order chi connectivity index (χ1) is 13.1. The predicted molar refractivity (Wildman–Crippen MR) is 113 cm³/mol. The largest absolute Gasteiger partial charge is 0.507 e. The van der Waals surface area contributed by atoms with Crippen LogP contribution in [0.15, 0.2) is 68.0 Å². The first-order valence-corrected chi connectivity index (χ1v) is 10.9. The second kappa shape index (κ2) is 6.65.